The Balaban J connectivity index is 1.09. The van der Waals surface area contributed by atoms with Gasteiger partial charge in [-0.2, -0.15) is 5.10 Å². The summed E-state index contributed by atoms with van der Waals surface area (Å²) in [5, 5.41) is 7.14. The van der Waals surface area contributed by atoms with Crippen LogP contribution in [0.5, 0.6) is 0 Å². The van der Waals surface area contributed by atoms with Crippen LogP contribution >= 0.6 is 0 Å². The summed E-state index contributed by atoms with van der Waals surface area (Å²) in [7, 11) is 0. The summed E-state index contributed by atoms with van der Waals surface area (Å²) in [6, 6.07) is 20.6. The Bertz CT molecular complexity index is 1020. The third-order valence-electron chi connectivity index (χ3n) is 6.83. The number of hydrogen-bond donors (Lipinski definition) is 1. The van der Waals surface area contributed by atoms with E-state index >= 15 is 0 Å². The molecule has 2 aromatic carbocycles. The number of amides is 1. The number of nitrogens with zero attached hydrogens (tertiary/aromatic N) is 3. The minimum atomic E-state index is 0.0512. The fourth-order valence-corrected chi connectivity index (χ4v) is 4.96. The zero-order chi connectivity index (χ0) is 22.5. The quantitative estimate of drug-likeness (QED) is 0.614. The molecule has 2 fully saturated rings. The largest absolute Gasteiger partial charge is 0.375 e. The standard InChI is InChI=1S/C27H32N4O2/c32-27(25-19-28-29-26(25)22-9-5-2-6-10-22)31-17-13-24(14-18-31)33-23-11-15-30(16-12-23)20-21-7-3-1-4-8-21/h1-10,19,23-24H,11-18,20H2,(H,28,29). The average Bonchev–Trinajstić information content (AvgIpc) is 3.37. The third kappa shape index (κ3) is 5.34. The smallest absolute Gasteiger partial charge is 0.257 e. The Hall–Kier alpha value is -2.96. The molecule has 172 valence electrons. The summed E-state index contributed by atoms with van der Waals surface area (Å²) in [4.78, 5) is 17.6. The van der Waals surface area contributed by atoms with E-state index in [-0.39, 0.29) is 12.0 Å². The number of rotatable bonds is 6. The van der Waals surface area contributed by atoms with Crippen molar-refractivity contribution in [2.45, 2.75) is 44.4 Å². The number of carbonyl (C=O) groups excluding carboxylic acids is 1. The number of aromatic nitrogens is 2. The van der Waals surface area contributed by atoms with E-state index in [0.29, 0.717) is 11.7 Å². The molecule has 5 rings (SSSR count). The molecule has 0 spiro atoms. The fourth-order valence-electron chi connectivity index (χ4n) is 4.96. The monoisotopic (exact) mass is 444 g/mol. The molecule has 0 unspecified atom stereocenters. The molecule has 33 heavy (non-hydrogen) atoms. The highest BCUT2D eigenvalue weighted by Gasteiger charge is 2.29. The molecule has 3 aromatic rings. The first-order chi connectivity index (χ1) is 16.3. The van der Waals surface area contributed by atoms with E-state index in [1.165, 1.54) is 5.56 Å². The first-order valence-electron chi connectivity index (χ1n) is 12.1. The first-order valence-corrected chi connectivity index (χ1v) is 12.1. The zero-order valence-electron chi connectivity index (χ0n) is 19.0. The van der Waals surface area contributed by atoms with Crippen LogP contribution in [0, 0.1) is 0 Å². The number of H-pyrrole nitrogens is 1. The summed E-state index contributed by atoms with van der Waals surface area (Å²) in [6.45, 7) is 4.65. The molecule has 0 saturated carbocycles. The van der Waals surface area contributed by atoms with Crippen LogP contribution in [0.2, 0.25) is 0 Å². The number of benzene rings is 2. The number of aromatic amines is 1. The molecule has 2 aliphatic heterocycles. The Kier molecular flexibility index (Phi) is 6.84. The molecule has 1 amide bonds. The summed E-state index contributed by atoms with van der Waals surface area (Å²) in [5.74, 6) is 0.0512. The summed E-state index contributed by atoms with van der Waals surface area (Å²) >= 11 is 0. The van der Waals surface area contributed by atoms with Crippen LogP contribution in [0.4, 0.5) is 0 Å². The van der Waals surface area contributed by atoms with Gasteiger partial charge >= 0.3 is 0 Å². The predicted molar refractivity (Wildman–Crippen MR) is 129 cm³/mol. The van der Waals surface area contributed by atoms with Crippen molar-refractivity contribution in [2.24, 2.45) is 0 Å². The van der Waals surface area contributed by atoms with Crippen LogP contribution in [-0.2, 0) is 11.3 Å². The molecule has 0 aliphatic carbocycles. The van der Waals surface area contributed by atoms with Gasteiger partial charge in [-0.3, -0.25) is 14.8 Å². The van der Waals surface area contributed by atoms with Gasteiger partial charge in [-0.25, -0.2) is 0 Å². The van der Waals surface area contributed by atoms with Gasteiger partial charge in [0, 0.05) is 38.3 Å². The van der Waals surface area contributed by atoms with Crippen LogP contribution in [0.25, 0.3) is 11.3 Å². The third-order valence-corrected chi connectivity index (χ3v) is 6.83. The van der Waals surface area contributed by atoms with Gasteiger partial charge in [0.2, 0.25) is 0 Å². The molecule has 1 aromatic heterocycles. The Morgan fingerprint density at radius 2 is 1.48 bits per heavy atom. The molecule has 3 heterocycles. The molecule has 2 aliphatic rings. The van der Waals surface area contributed by atoms with Crippen LogP contribution in [0.1, 0.15) is 41.6 Å². The summed E-state index contributed by atoms with van der Waals surface area (Å²) < 4.78 is 6.46. The lowest BCUT2D eigenvalue weighted by Crippen LogP contribution is -2.43. The highest BCUT2D eigenvalue weighted by Crippen LogP contribution is 2.25. The van der Waals surface area contributed by atoms with Gasteiger partial charge in [0.25, 0.3) is 5.91 Å². The maximum atomic E-state index is 13.2. The van der Waals surface area contributed by atoms with Crippen LogP contribution in [0.15, 0.2) is 66.9 Å². The van der Waals surface area contributed by atoms with E-state index in [0.717, 1.165) is 69.7 Å². The number of likely N-dealkylation sites (tertiary alicyclic amines) is 2. The molecular weight excluding hydrogens is 412 g/mol. The first kappa shape index (κ1) is 21.9. The van der Waals surface area contributed by atoms with Crippen molar-refractivity contribution in [1.82, 2.24) is 20.0 Å². The zero-order valence-corrected chi connectivity index (χ0v) is 19.0. The maximum absolute atomic E-state index is 13.2. The predicted octanol–water partition coefficient (Wildman–Crippen LogP) is 4.36. The van der Waals surface area contributed by atoms with Gasteiger partial charge in [-0.1, -0.05) is 60.7 Å². The lowest BCUT2D eigenvalue weighted by atomic mass is 10.0. The number of hydrogen-bond acceptors (Lipinski definition) is 4. The van der Waals surface area contributed by atoms with Crippen molar-refractivity contribution in [3.8, 4) is 11.3 Å². The van der Waals surface area contributed by atoms with Gasteiger partial charge in [0.05, 0.1) is 29.7 Å². The van der Waals surface area contributed by atoms with Gasteiger partial charge in [-0.15, -0.1) is 0 Å². The van der Waals surface area contributed by atoms with Crippen molar-refractivity contribution in [3.63, 3.8) is 0 Å². The minimum absolute atomic E-state index is 0.0512. The highest BCUT2D eigenvalue weighted by molar-refractivity contribution is 5.99. The van der Waals surface area contributed by atoms with Gasteiger partial charge in [0.1, 0.15) is 0 Å². The van der Waals surface area contributed by atoms with E-state index in [4.69, 9.17) is 4.74 Å². The van der Waals surface area contributed by atoms with Crippen LogP contribution < -0.4 is 0 Å². The molecule has 0 atom stereocenters. The molecule has 2 saturated heterocycles. The summed E-state index contributed by atoms with van der Waals surface area (Å²) in [5.41, 5.74) is 3.80. The molecule has 6 nitrogen and oxygen atoms in total. The molecule has 6 heteroatoms. The number of piperidine rings is 2. The highest BCUT2D eigenvalue weighted by atomic mass is 16.5. The Morgan fingerprint density at radius 1 is 0.879 bits per heavy atom. The lowest BCUT2D eigenvalue weighted by Gasteiger charge is -2.37. The fraction of sp³-hybridized carbons (Fsp3) is 0.407. The molecule has 0 bridgehead atoms. The van der Waals surface area contributed by atoms with Crippen molar-refractivity contribution in [3.05, 3.63) is 78.0 Å². The van der Waals surface area contributed by atoms with Crippen molar-refractivity contribution >= 4 is 5.91 Å². The molecular formula is C27H32N4O2. The number of ether oxygens (including phenoxy) is 1. The lowest BCUT2D eigenvalue weighted by molar-refractivity contribution is -0.0629. The topological polar surface area (TPSA) is 61.5 Å². The van der Waals surface area contributed by atoms with Crippen LogP contribution in [0.3, 0.4) is 0 Å². The van der Waals surface area contributed by atoms with Crippen molar-refractivity contribution in [2.75, 3.05) is 26.2 Å². The number of nitrogens with one attached hydrogen (secondary N) is 1. The van der Waals surface area contributed by atoms with Gasteiger partial charge in [0.15, 0.2) is 0 Å². The molecule has 1 N–H and O–H groups in total. The maximum Gasteiger partial charge on any atom is 0.257 e. The Labute approximate surface area is 195 Å². The van der Waals surface area contributed by atoms with Gasteiger partial charge < -0.3 is 9.64 Å². The second-order valence-electron chi connectivity index (χ2n) is 9.11. The van der Waals surface area contributed by atoms with E-state index in [1.54, 1.807) is 6.20 Å². The minimum Gasteiger partial charge on any atom is -0.375 e. The Morgan fingerprint density at radius 3 is 2.15 bits per heavy atom. The second kappa shape index (κ2) is 10.3. The normalized spacial score (nSPS) is 18.5. The average molecular weight is 445 g/mol. The van der Waals surface area contributed by atoms with Gasteiger partial charge in [-0.05, 0) is 31.2 Å². The van der Waals surface area contributed by atoms with Crippen LogP contribution in [-0.4, -0.2) is 64.3 Å². The van der Waals surface area contributed by atoms with E-state index in [9.17, 15) is 4.79 Å². The van der Waals surface area contributed by atoms with E-state index < -0.39 is 0 Å². The molecule has 0 radical (unpaired) electrons. The van der Waals surface area contributed by atoms with Crippen molar-refractivity contribution in [1.29, 1.82) is 0 Å². The SMILES string of the molecule is O=C(c1cn[nH]c1-c1ccccc1)N1CCC(OC2CCN(Cc3ccccc3)CC2)CC1. The van der Waals surface area contributed by atoms with Crippen molar-refractivity contribution < 1.29 is 9.53 Å². The second-order valence-corrected chi connectivity index (χ2v) is 9.11. The van der Waals surface area contributed by atoms with E-state index in [1.807, 2.05) is 35.2 Å². The van der Waals surface area contributed by atoms with E-state index in [2.05, 4.69) is 45.4 Å². The number of carbonyl (C=O) groups is 1. The summed E-state index contributed by atoms with van der Waals surface area (Å²) in [6.07, 6.45) is 6.20.